The van der Waals surface area contributed by atoms with Gasteiger partial charge in [0.25, 0.3) is 0 Å². The summed E-state index contributed by atoms with van der Waals surface area (Å²) in [5.41, 5.74) is 7.12. The molecule has 0 aromatic rings. The lowest BCUT2D eigenvalue weighted by Gasteiger charge is -2.11. The lowest BCUT2D eigenvalue weighted by atomic mass is 9.96. The van der Waals surface area contributed by atoms with Crippen molar-refractivity contribution in [3.63, 3.8) is 0 Å². The summed E-state index contributed by atoms with van der Waals surface area (Å²) in [5, 5.41) is 0. The summed E-state index contributed by atoms with van der Waals surface area (Å²) in [7, 11) is -3.46. The topological polar surface area (TPSA) is 46.5 Å². The van der Waals surface area contributed by atoms with Gasteiger partial charge in [0.05, 0.1) is 6.61 Å². The summed E-state index contributed by atoms with van der Waals surface area (Å²) in [6, 6.07) is 0. The van der Waals surface area contributed by atoms with E-state index in [0.717, 1.165) is 44.9 Å². The summed E-state index contributed by atoms with van der Waals surface area (Å²) in [4.78, 5) is 9.64. The maximum atomic E-state index is 11.7. The van der Waals surface area contributed by atoms with Crippen LogP contribution in [0.3, 0.4) is 0 Å². The molecule has 194 valence electrons. The summed E-state index contributed by atoms with van der Waals surface area (Å²) >= 11 is 0. The first kappa shape index (κ1) is 30.9. The second kappa shape index (κ2) is 14.4. The Kier molecular flexibility index (Phi) is 13.1. The third-order valence-corrected chi connectivity index (χ3v) is 7.62. The predicted octanol–water partition coefficient (Wildman–Crippen LogP) is 9.57. The van der Waals surface area contributed by atoms with E-state index in [1.807, 2.05) is 0 Å². The number of hydrogen-bond acceptors (Lipinski definition) is 2. The maximum absolute atomic E-state index is 11.7. The van der Waals surface area contributed by atoms with Crippen LogP contribution in [0.2, 0.25) is 0 Å². The van der Waals surface area contributed by atoms with Crippen molar-refractivity contribution >= 4 is 7.60 Å². The molecule has 0 saturated heterocycles. The molecule has 4 atom stereocenters. The van der Waals surface area contributed by atoms with E-state index in [9.17, 15) is 9.46 Å². The highest BCUT2D eigenvalue weighted by molar-refractivity contribution is 7.51. The minimum absolute atomic E-state index is 0.0876. The highest BCUT2D eigenvalue weighted by Crippen LogP contribution is 2.63. The molecule has 1 N–H and O–H groups in total. The summed E-state index contributed by atoms with van der Waals surface area (Å²) in [5.74, 6) is 0.676. The Morgan fingerprint density at radius 1 is 0.824 bits per heavy atom. The molecule has 0 aliphatic heterocycles. The molecule has 0 aromatic heterocycles. The van der Waals surface area contributed by atoms with Crippen molar-refractivity contribution in [1.29, 1.82) is 0 Å². The highest BCUT2D eigenvalue weighted by Gasteiger charge is 2.59. The quantitative estimate of drug-likeness (QED) is 0.184. The summed E-state index contributed by atoms with van der Waals surface area (Å²) in [6.45, 7) is 19.2. The van der Waals surface area contributed by atoms with E-state index in [1.165, 1.54) is 34.5 Å². The van der Waals surface area contributed by atoms with Crippen molar-refractivity contribution in [2.45, 2.75) is 100 Å². The number of hydrogen-bond donors (Lipinski definition) is 1. The average molecular weight is 491 g/mol. The zero-order chi connectivity index (χ0) is 25.9. The molecule has 0 spiro atoms. The van der Waals surface area contributed by atoms with Crippen molar-refractivity contribution < 1.29 is 14.0 Å². The van der Waals surface area contributed by atoms with E-state index >= 15 is 0 Å². The molecule has 1 aliphatic carbocycles. The van der Waals surface area contributed by atoms with Gasteiger partial charge >= 0.3 is 7.60 Å². The van der Waals surface area contributed by atoms with Crippen LogP contribution in [-0.2, 0) is 9.09 Å². The van der Waals surface area contributed by atoms with E-state index in [2.05, 4.69) is 85.8 Å². The minimum atomic E-state index is -3.46. The maximum Gasteiger partial charge on any atom is 0.325 e. The van der Waals surface area contributed by atoms with E-state index in [4.69, 9.17) is 4.52 Å². The van der Waals surface area contributed by atoms with Crippen LogP contribution in [0.5, 0.6) is 0 Å². The van der Waals surface area contributed by atoms with Gasteiger partial charge in [-0.15, -0.1) is 0 Å². The van der Waals surface area contributed by atoms with Crippen LogP contribution in [0.15, 0.2) is 58.2 Å². The van der Waals surface area contributed by atoms with Gasteiger partial charge in [0.2, 0.25) is 0 Å². The van der Waals surface area contributed by atoms with E-state index < -0.39 is 7.60 Å². The van der Waals surface area contributed by atoms with Crippen LogP contribution in [0, 0.1) is 17.3 Å². The van der Waals surface area contributed by atoms with Gasteiger partial charge in [-0.2, -0.15) is 0 Å². The zero-order valence-corrected chi connectivity index (χ0v) is 24.3. The molecule has 1 aliphatic rings. The first-order valence-corrected chi connectivity index (χ1v) is 15.0. The molecule has 0 radical (unpaired) electrons. The first-order valence-electron chi connectivity index (χ1n) is 12.9. The van der Waals surface area contributed by atoms with Gasteiger partial charge in [-0.1, -0.05) is 65.2 Å². The van der Waals surface area contributed by atoms with Gasteiger partial charge in [0.15, 0.2) is 0 Å². The van der Waals surface area contributed by atoms with Crippen molar-refractivity contribution in [2.24, 2.45) is 17.3 Å². The monoisotopic (exact) mass is 490 g/mol. The van der Waals surface area contributed by atoms with Gasteiger partial charge in [-0.05, 0) is 111 Å². The van der Waals surface area contributed by atoms with E-state index in [0.29, 0.717) is 12.5 Å². The van der Waals surface area contributed by atoms with Gasteiger partial charge in [-0.25, -0.2) is 0 Å². The largest absolute Gasteiger partial charge is 0.325 e. The Morgan fingerprint density at radius 3 is 1.79 bits per heavy atom. The molecule has 3 nitrogen and oxygen atoms in total. The van der Waals surface area contributed by atoms with Gasteiger partial charge in [-0.3, -0.25) is 4.57 Å². The summed E-state index contributed by atoms with van der Waals surface area (Å²) < 4.78 is 17.1. The van der Waals surface area contributed by atoms with Crippen molar-refractivity contribution in [2.75, 3.05) is 13.3 Å². The molecule has 0 aromatic carbocycles. The third kappa shape index (κ3) is 12.5. The van der Waals surface area contributed by atoms with Gasteiger partial charge in [0, 0.05) is 6.66 Å². The van der Waals surface area contributed by atoms with Crippen molar-refractivity contribution in [1.82, 2.24) is 0 Å². The normalized spacial score (nSPS) is 25.1. The molecule has 0 amide bonds. The third-order valence-electron chi connectivity index (χ3n) is 6.99. The van der Waals surface area contributed by atoms with Crippen molar-refractivity contribution in [3.05, 3.63) is 58.2 Å². The summed E-state index contributed by atoms with van der Waals surface area (Å²) in [6.07, 6.45) is 19.3. The molecule has 1 rings (SSSR count). The Hall–Kier alpha value is -1.15. The highest BCUT2D eigenvalue weighted by atomic mass is 31.2. The van der Waals surface area contributed by atoms with Gasteiger partial charge < -0.3 is 9.42 Å². The van der Waals surface area contributed by atoms with E-state index in [-0.39, 0.29) is 11.3 Å². The lowest BCUT2D eigenvalue weighted by Crippen LogP contribution is -2.03. The fourth-order valence-corrected chi connectivity index (χ4v) is 4.95. The molecule has 1 fully saturated rings. The molecule has 1 saturated carbocycles. The predicted molar refractivity (Wildman–Crippen MR) is 149 cm³/mol. The van der Waals surface area contributed by atoms with Crippen LogP contribution >= 0.6 is 7.60 Å². The Morgan fingerprint density at radius 2 is 1.29 bits per heavy atom. The molecular weight excluding hydrogens is 439 g/mol. The SMILES string of the molecule is CC(C)=CCC/C(C)=C/CC/C(C)=C/C1[C@H](COP(C)(=O)O)[C@]1(C)C/C=C(\C)CCC=C(C)C. The van der Waals surface area contributed by atoms with E-state index in [1.54, 1.807) is 0 Å². The van der Waals surface area contributed by atoms with Crippen LogP contribution < -0.4 is 0 Å². The molecule has 0 heterocycles. The van der Waals surface area contributed by atoms with Crippen LogP contribution in [-0.4, -0.2) is 18.2 Å². The van der Waals surface area contributed by atoms with Crippen molar-refractivity contribution in [3.8, 4) is 0 Å². The fraction of sp³-hybridized carbons (Fsp3) is 0.667. The molecule has 34 heavy (non-hydrogen) atoms. The lowest BCUT2D eigenvalue weighted by molar-refractivity contribution is 0.237. The Bertz CT molecular complexity index is 844. The molecular formula is C30H51O3P. The molecule has 2 unspecified atom stereocenters. The van der Waals surface area contributed by atoms with Gasteiger partial charge in [0.1, 0.15) is 0 Å². The standard InChI is InChI=1S/C30H51O3P/c1-23(2)13-10-15-25(5)17-12-18-27(7)21-28-29(22-33-34(9,31)32)30(28,8)20-19-26(6)16-11-14-24(3)4/h13-14,17,19,21,28-29H,10-12,15-16,18,20,22H2,1-9H3,(H,31,32)/b25-17+,26-19+,27-21+/t28?,29-,30+/m0/s1. The smallest absolute Gasteiger partial charge is 0.324 e. The van der Waals surface area contributed by atoms with Crippen LogP contribution in [0.25, 0.3) is 0 Å². The zero-order valence-electron chi connectivity index (χ0n) is 23.4. The number of allylic oxidation sites excluding steroid dienone is 10. The number of rotatable bonds is 15. The Labute approximate surface area is 210 Å². The molecule has 0 bridgehead atoms. The van der Waals surface area contributed by atoms with Crippen LogP contribution in [0.4, 0.5) is 0 Å². The second-order valence-corrected chi connectivity index (χ2v) is 13.1. The minimum Gasteiger partial charge on any atom is -0.324 e. The first-order chi connectivity index (χ1) is 15.7. The fourth-order valence-electron chi connectivity index (χ4n) is 4.52. The van der Waals surface area contributed by atoms with Crippen LogP contribution in [0.1, 0.15) is 100 Å². The molecule has 4 heteroatoms. The Balaban J connectivity index is 2.76. The second-order valence-electron chi connectivity index (χ2n) is 11.2. The average Bonchev–Trinajstić information content (AvgIpc) is 3.25.